The van der Waals surface area contributed by atoms with Gasteiger partial charge in [0.2, 0.25) is 0 Å². The summed E-state index contributed by atoms with van der Waals surface area (Å²) in [7, 11) is 0. The van der Waals surface area contributed by atoms with Crippen LogP contribution in [0.3, 0.4) is 0 Å². The molecular weight excluding hydrogens is 378 g/mol. The fourth-order valence-corrected chi connectivity index (χ4v) is 3.99. The van der Waals surface area contributed by atoms with Gasteiger partial charge in [-0.3, -0.25) is 9.88 Å². The summed E-state index contributed by atoms with van der Waals surface area (Å²) in [5.74, 6) is 0. The number of β-amino-alcohol motifs (C(OH)–C–C–N with tert-alkyl or cyclic N) is 1. The lowest BCUT2D eigenvalue weighted by molar-refractivity contribution is 0.0345. The molecule has 3 rings (SSSR count). The molecule has 124 valence electrons. The van der Waals surface area contributed by atoms with E-state index in [1.54, 1.807) is 0 Å². The molecule has 1 saturated heterocycles. The highest BCUT2D eigenvalue weighted by molar-refractivity contribution is 9.10. The second kappa shape index (κ2) is 6.55. The van der Waals surface area contributed by atoms with E-state index in [0.717, 1.165) is 41.6 Å². The van der Waals surface area contributed by atoms with Gasteiger partial charge >= 0.3 is 0 Å². The Kier molecular flexibility index (Phi) is 4.83. The number of nitrogens with zero attached hydrogens (tertiary/aromatic N) is 3. The van der Waals surface area contributed by atoms with Crippen molar-refractivity contribution >= 4 is 44.1 Å². The topological polar surface area (TPSA) is 39.6 Å². The van der Waals surface area contributed by atoms with E-state index in [4.69, 9.17) is 11.6 Å². The molecule has 2 heterocycles. The van der Waals surface area contributed by atoms with Crippen molar-refractivity contribution in [2.75, 3.05) is 37.6 Å². The molecular formula is C17H21BrClN3O. The van der Waals surface area contributed by atoms with Crippen molar-refractivity contribution in [1.82, 2.24) is 9.88 Å². The van der Waals surface area contributed by atoms with Crippen molar-refractivity contribution in [2.45, 2.75) is 19.4 Å². The van der Waals surface area contributed by atoms with E-state index >= 15 is 0 Å². The van der Waals surface area contributed by atoms with Crippen molar-refractivity contribution < 1.29 is 5.11 Å². The van der Waals surface area contributed by atoms with Gasteiger partial charge in [0.05, 0.1) is 16.1 Å². The Morgan fingerprint density at radius 3 is 2.61 bits per heavy atom. The Labute approximate surface area is 150 Å². The van der Waals surface area contributed by atoms with Gasteiger partial charge in [-0.1, -0.05) is 27.5 Å². The van der Waals surface area contributed by atoms with Crippen molar-refractivity contribution in [3.05, 3.63) is 33.9 Å². The molecule has 1 aromatic heterocycles. The molecule has 1 N–H and O–H groups in total. The number of anilines is 1. The predicted molar refractivity (Wildman–Crippen MR) is 99.4 cm³/mol. The monoisotopic (exact) mass is 397 g/mol. The fourth-order valence-electron chi connectivity index (χ4n) is 3.13. The fraction of sp³-hybridized carbons (Fsp3) is 0.471. The lowest BCUT2D eigenvalue weighted by atomic mass is 10.1. The third kappa shape index (κ3) is 3.97. The van der Waals surface area contributed by atoms with Gasteiger partial charge in [-0.25, -0.2) is 0 Å². The zero-order valence-electron chi connectivity index (χ0n) is 13.4. The molecule has 0 radical (unpaired) electrons. The quantitative estimate of drug-likeness (QED) is 0.858. The van der Waals surface area contributed by atoms with Crippen molar-refractivity contribution in [3.63, 3.8) is 0 Å². The highest BCUT2D eigenvalue weighted by atomic mass is 79.9. The Balaban J connectivity index is 1.83. The number of benzene rings is 1. The van der Waals surface area contributed by atoms with Gasteiger partial charge in [0.25, 0.3) is 0 Å². The zero-order chi connectivity index (χ0) is 16.6. The van der Waals surface area contributed by atoms with Gasteiger partial charge in [0, 0.05) is 54.5 Å². The van der Waals surface area contributed by atoms with Crippen LogP contribution in [0.1, 0.15) is 13.8 Å². The van der Waals surface area contributed by atoms with Crippen LogP contribution < -0.4 is 4.90 Å². The summed E-state index contributed by atoms with van der Waals surface area (Å²) in [5.41, 5.74) is 1.36. The first-order valence-corrected chi connectivity index (χ1v) is 8.94. The molecule has 0 spiro atoms. The molecule has 23 heavy (non-hydrogen) atoms. The highest BCUT2D eigenvalue weighted by Crippen LogP contribution is 2.33. The van der Waals surface area contributed by atoms with E-state index in [9.17, 15) is 5.11 Å². The Morgan fingerprint density at radius 2 is 1.96 bits per heavy atom. The number of fused-ring (bicyclic) bond motifs is 1. The molecule has 0 aliphatic carbocycles. The van der Waals surface area contributed by atoms with Gasteiger partial charge in [-0.2, -0.15) is 0 Å². The van der Waals surface area contributed by atoms with Crippen LogP contribution in [0.2, 0.25) is 5.02 Å². The number of piperazine rings is 1. The van der Waals surface area contributed by atoms with Gasteiger partial charge in [0.15, 0.2) is 0 Å². The van der Waals surface area contributed by atoms with Gasteiger partial charge < -0.3 is 10.0 Å². The molecule has 0 saturated carbocycles. The molecule has 0 atom stereocenters. The second-order valence-electron chi connectivity index (χ2n) is 6.69. The van der Waals surface area contributed by atoms with Crippen molar-refractivity contribution in [1.29, 1.82) is 0 Å². The Morgan fingerprint density at radius 1 is 1.26 bits per heavy atom. The van der Waals surface area contributed by atoms with E-state index in [1.165, 1.54) is 5.69 Å². The van der Waals surface area contributed by atoms with Crippen LogP contribution in [0.4, 0.5) is 5.69 Å². The number of halogens is 2. The van der Waals surface area contributed by atoms with E-state index < -0.39 is 5.60 Å². The summed E-state index contributed by atoms with van der Waals surface area (Å²) < 4.78 is 0.963. The van der Waals surface area contributed by atoms with E-state index in [2.05, 4.69) is 42.8 Å². The number of aliphatic hydroxyl groups is 1. The zero-order valence-corrected chi connectivity index (χ0v) is 15.7. The predicted octanol–water partition coefficient (Wildman–Crippen LogP) is 3.54. The van der Waals surface area contributed by atoms with Crippen LogP contribution in [-0.4, -0.2) is 53.3 Å². The largest absolute Gasteiger partial charge is 0.389 e. The Bertz CT molecular complexity index is 709. The minimum Gasteiger partial charge on any atom is -0.389 e. The van der Waals surface area contributed by atoms with Crippen LogP contribution in [0.5, 0.6) is 0 Å². The van der Waals surface area contributed by atoms with Gasteiger partial charge in [0.1, 0.15) is 0 Å². The number of rotatable bonds is 3. The van der Waals surface area contributed by atoms with Crippen molar-refractivity contribution in [3.8, 4) is 0 Å². The number of hydrogen-bond donors (Lipinski definition) is 1. The first-order chi connectivity index (χ1) is 10.8. The third-order valence-corrected chi connectivity index (χ3v) is 4.81. The normalized spacial score (nSPS) is 17.0. The Hall–Kier alpha value is -0.880. The van der Waals surface area contributed by atoms with Crippen molar-refractivity contribution in [2.24, 2.45) is 0 Å². The first kappa shape index (κ1) is 17.0. The molecule has 1 aliphatic heterocycles. The average molecular weight is 399 g/mol. The molecule has 0 bridgehead atoms. The first-order valence-electron chi connectivity index (χ1n) is 7.77. The molecule has 1 fully saturated rings. The molecule has 2 aromatic rings. The van der Waals surface area contributed by atoms with Gasteiger partial charge in [-0.05, 0) is 32.0 Å². The standard InChI is InChI=1S/C17H21BrClN3O/c1-17(2,23)11-21-5-7-22(8-6-21)15-3-4-20-16-13(15)9-12(18)10-14(16)19/h3-4,9-10,23H,5-8,11H2,1-2H3. The molecule has 4 nitrogen and oxygen atoms in total. The minimum atomic E-state index is -0.649. The van der Waals surface area contributed by atoms with Crippen LogP contribution in [0, 0.1) is 0 Å². The molecule has 6 heteroatoms. The summed E-state index contributed by atoms with van der Waals surface area (Å²) in [6.45, 7) is 8.16. The maximum absolute atomic E-state index is 9.97. The molecule has 1 aromatic carbocycles. The lowest BCUT2D eigenvalue weighted by Gasteiger charge is -2.38. The van der Waals surface area contributed by atoms with Crippen LogP contribution >= 0.6 is 27.5 Å². The average Bonchev–Trinajstić information content (AvgIpc) is 2.46. The minimum absolute atomic E-state index is 0.649. The highest BCUT2D eigenvalue weighted by Gasteiger charge is 2.23. The van der Waals surface area contributed by atoms with Crippen LogP contribution in [-0.2, 0) is 0 Å². The summed E-state index contributed by atoms with van der Waals surface area (Å²) in [6, 6.07) is 6.01. The number of aromatic nitrogens is 1. The van der Waals surface area contributed by atoms with Gasteiger partial charge in [-0.15, -0.1) is 0 Å². The second-order valence-corrected chi connectivity index (χ2v) is 8.01. The summed E-state index contributed by atoms with van der Waals surface area (Å²) in [5, 5.41) is 11.7. The van der Waals surface area contributed by atoms with Crippen LogP contribution in [0.15, 0.2) is 28.9 Å². The van der Waals surface area contributed by atoms with E-state index in [-0.39, 0.29) is 0 Å². The maximum atomic E-state index is 9.97. The summed E-state index contributed by atoms with van der Waals surface area (Å²) in [6.07, 6.45) is 1.82. The van der Waals surface area contributed by atoms with E-state index in [0.29, 0.717) is 11.6 Å². The summed E-state index contributed by atoms with van der Waals surface area (Å²) >= 11 is 9.84. The summed E-state index contributed by atoms with van der Waals surface area (Å²) in [4.78, 5) is 9.09. The van der Waals surface area contributed by atoms with Crippen LogP contribution in [0.25, 0.3) is 10.9 Å². The molecule has 0 unspecified atom stereocenters. The third-order valence-electron chi connectivity index (χ3n) is 4.06. The van der Waals surface area contributed by atoms with E-state index in [1.807, 2.05) is 26.1 Å². The SMILES string of the molecule is CC(C)(O)CN1CCN(c2ccnc3c(Cl)cc(Br)cc23)CC1. The number of pyridine rings is 1. The molecule has 0 amide bonds. The molecule has 1 aliphatic rings. The smallest absolute Gasteiger partial charge is 0.0909 e. The maximum Gasteiger partial charge on any atom is 0.0909 e. The number of hydrogen-bond acceptors (Lipinski definition) is 4. The lowest BCUT2D eigenvalue weighted by Crippen LogP contribution is -2.50.